The van der Waals surface area contributed by atoms with Crippen molar-refractivity contribution in [2.45, 2.75) is 45.0 Å². The summed E-state index contributed by atoms with van der Waals surface area (Å²) in [4.78, 5) is 0. The maximum Gasteiger partial charge on any atom is 0.0823 e. The largest absolute Gasteiger partial charge is 0.393 e. The quantitative estimate of drug-likeness (QED) is 0.529. The first-order chi connectivity index (χ1) is 5.52. The zero-order valence-electron chi connectivity index (χ0n) is 7.64. The Kier molecular flexibility index (Phi) is 3.09. The lowest BCUT2D eigenvalue weighted by Gasteiger charge is -2.36. The fourth-order valence-corrected chi connectivity index (χ4v) is 1.89. The van der Waals surface area contributed by atoms with Gasteiger partial charge in [-0.1, -0.05) is 13.8 Å². The fourth-order valence-electron chi connectivity index (χ4n) is 1.89. The number of aliphatic hydroxyl groups excluding tert-OH is 3. The van der Waals surface area contributed by atoms with Gasteiger partial charge in [0.15, 0.2) is 0 Å². The Hall–Kier alpha value is -0.120. The Labute approximate surface area is 73.0 Å². The molecule has 1 rings (SSSR count). The molecule has 1 saturated carbocycles. The third-order valence-electron chi connectivity index (χ3n) is 2.79. The van der Waals surface area contributed by atoms with Gasteiger partial charge in [-0.2, -0.15) is 0 Å². The van der Waals surface area contributed by atoms with E-state index in [-0.39, 0.29) is 5.92 Å². The lowest BCUT2D eigenvalue weighted by atomic mass is 9.77. The summed E-state index contributed by atoms with van der Waals surface area (Å²) in [5.74, 6) is 0.491. The first-order valence-electron chi connectivity index (χ1n) is 4.56. The van der Waals surface area contributed by atoms with E-state index in [0.29, 0.717) is 18.8 Å². The van der Waals surface area contributed by atoms with E-state index in [2.05, 4.69) is 0 Å². The SMILES string of the molecule is CC(C)C1CC(O)C(O)CC1O. The highest BCUT2D eigenvalue weighted by molar-refractivity contribution is 4.86. The van der Waals surface area contributed by atoms with Gasteiger partial charge in [0.05, 0.1) is 18.3 Å². The number of rotatable bonds is 1. The molecule has 0 aliphatic heterocycles. The van der Waals surface area contributed by atoms with E-state index in [1.54, 1.807) is 0 Å². The van der Waals surface area contributed by atoms with E-state index in [1.165, 1.54) is 0 Å². The smallest absolute Gasteiger partial charge is 0.0823 e. The molecule has 3 nitrogen and oxygen atoms in total. The Balaban J connectivity index is 2.55. The lowest BCUT2D eigenvalue weighted by molar-refractivity contribution is -0.0867. The second-order valence-electron chi connectivity index (χ2n) is 4.08. The van der Waals surface area contributed by atoms with Crippen LogP contribution in [0.4, 0.5) is 0 Å². The molecule has 1 fully saturated rings. The van der Waals surface area contributed by atoms with Crippen molar-refractivity contribution in [1.82, 2.24) is 0 Å². The fraction of sp³-hybridized carbons (Fsp3) is 1.00. The first-order valence-corrected chi connectivity index (χ1v) is 4.56. The average molecular weight is 174 g/mol. The molecule has 0 aromatic rings. The summed E-state index contributed by atoms with van der Waals surface area (Å²) in [6.45, 7) is 4.05. The molecule has 0 heterocycles. The van der Waals surface area contributed by atoms with Crippen molar-refractivity contribution in [2.24, 2.45) is 11.8 Å². The van der Waals surface area contributed by atoms with Gasteiger partial charge >= 0.3 is 0 Å². The molecule has 0 amide bonds. The number of hydrogen-bond acceptors (Lipinski definition) is 3. The van der Waals surface area contributed by atoms with E-state index in [1.807, 2.05) is 13.8 Å². The van der Waals surface area contributed by atoms with Crippen LogP contribution in [0.3, 0.4) is 0 Å². The summed E-state index contributed by atoms with van der Waals surface area (Å²) in [6.07, 6.45) is -1.02. The summed E-state index contributed by atoms with van der Waals surface area (Å²) < 4.78 is 0. The molecule has 72 valence electrons. The van der Waals surface area contributed by atoms with E-state index in [9.17, 15) is 15.3 Å². The summed E-state index contributed by atoms with van der Waals surface area (Å²) in [5.41, 5.74) is 0. The predicted molar refractivity (Wildman–Crippen MR) is 45.6 cm³/mol. The van der Waals surface area contributed by atoms with Crippen molar-refractivity contribution in [1.29, 1.82) is 0 Å². The second kappa shape index (κ2) is 3.73. The molecule has 3 heteroatoms. The zero-order chi connectivity index (χ0) is 9.30. The number of hydrogen-bond donors (Lipinski definition) is 3. The minimum atomic E-state index is -0.741. The molecular formula is C9H18O3. The van der Waals surface area contributed by atoms with Crippen LogP contribution in [0.15, 0.2) is 0 Å². The van der Waals surface area contributed by atoms with Gasteiger partial charge in [-0.05, 0) is 18.3 Å². The maximum atomic E-state index is 9.56. The molecule has 1 aliphatic carbocycles. The zero-order valence-corrected chi connectivity index (χ0v) is 7.64. The number of aliphatic hydroxyl groups is 3. The van der Waals surface area contributed by atoms with Crippen LogP contribution < -0.4 is 0 Å². The van der Waals surface area contributed by atoms with Crippen LogP contribution in [-0.4, -0.2) is 33.6 Å². The van der Waals surface area contributed by atoms with E-state index >= 15 is 0 Å². The third-order valence-corrected chi connectivity index (χ3v) is 2.79. The predicted octanol–water partition coefficient (Wildman–Crippen LogP) is 0.135. The van der Waals surface area contributed by atoms with E-state index in [0.717, 1.165) is 0 Å². The molecule has 12 heavy (non-hydrogen) atoms. The molecule has 0 bridgehead atoms. The minimum Gasteiger partial charge on any atom is -0.393 e. The van der Waals surface area contributed by atoms with Gasteiger partial charge in [0.1, 0.15) is 0 Å². The van der Waals surface area contributed by atoms with Gasteiger partial charge in [0.2, 0.25) is 0 Å². The van der Waals surface area contributed by atoms with Crippen LogP contribution in [0.5, 0.6) is 0 Å². The van der Waals surface area contributed by atoms with E-state index in [4.69, 9.17) is 0 Å². The molecule has 4 atom stereocenters. The van der Waals surface area contributed by atoms with Crippen LogP contribution >= 0.6 is 0 Å². The molecular weight excluding hydrogens is 156 g/mol. The normalized spacial score (nSPS) is 43.5. The molecule has 3 N–H and O–H groups in total. The van der Waals surface area contributed by atoms with Crippen LogP contribution in [0.1, 0.15) is 26.7 Å². The minimum absolute atomic E-state index is 0.128. The van der Waals surface area contributed by atoms with Crippen LogP contribution in [-0.2, 0) is 0 Å². The Morgan fingerprint density at radius 2 is 1.42 bits per heavy atom. The Morgan fingerprint density at radius 1 is 0.917 bits per heavy atom. The molecule has 0 aromatic heterocycles. The van der Waals surface area contributed by atoms with Gasteiger partial charge in [-0.3, -0.25) is 0 Å². The van der Waals surface area contributed by atoms with E-state index < -0.39 is 18.3 Å². The lowest BCUT2D eigenvalue weighted by Crippen LogP contribution is -2.43. The van der Waals surface area contributed by atoms with Gasteiger partial charge < -0.3 is 15.3 Å². The summed E-state index contributed by atoms with van der Waals surface area (Å²) in [6, 6.07) is 0. The second-order valence-corrected chi connectivity index (χ2v) is 4.08. The van der Waals surface area contributed by atoms with Crippen molar-refractivity contribution in [3.63, 3.8) is 0 Å². The van der Waals surface area contributed by atoms with Crippen LogP contribution in [0.2, 0.25) is 0 Å². The van der Waals surface area contributed by atoms with Crippen molar-refractivity contribution in [3.8, 4) is 0 Å². The molecule has 4 unspecified atom stereocenters. The monoisotopic (exact) mass is 174 g/mol. The van der Waals surface area contributed by atoms with Crippen molar-refractivity contribution in [2.75, 3.05) is 0 Å². The van der Waals surface area contributed by atoms with Gasteiger partial charge in [-0.25, -0.2) is 0 Å². The Morgan fingerprint density at radius 3 is 1.92 bits per heavy atom. The standard InChI is InChI=1S/C9H18O3/c1-5(2)6-3-8(11)9(12)4-7(6)10/h5-12H,3-4H2,1-2H3. The summed E-state index contributed by atoms with van der Waals surface area (Å²) >= 11 is 0. The molecule has 0 spiro atoms. The summed E-state index contributed by atoms with van der Waals surface area (Å²) in [7, 11) is 0. The van der Waals surface area contributed by atoms with Crippen molar-refractivity contribution >= 4 is 0 Å². The van der Waals surface area contributed by atoms with Crippen LogP contribution in [0.25, 0.3) is 0 Å². The summed E-state index contributed by atoms with van der Waals surface area (Å²) in [5, 5.41) is 28.1. The maximum absolute atomic E-state index is 9.56. The highest BCUT2D eigenvalue weighted by Crippen LogP contribution is 2.30. The highest BCUT2D eigenvalue weighted by Gasteiger charge is 2.35. The van der Waals surface area contributed by atoms with Crippen molar-refractivity contribution < 1.29 is 15.3 Å². The molecule has 1 aliphatic rings. The van der Waals surface area contributed by atoms with Gasteiger partial charge in [-0.15, -0.1) is 0 Å². The topological polar surface area (TPSA) is 60.7 Å². The first kappa shape index (κ1) is 9.96. The third kappa shape index (κ3) is 1.97. The average Bonchev–Trinajstić information content (AvgIpc) is 1.96. The van der Waals surface area contributed by atoms with Crippen molar-refractivity contribution in [3.05, 3.63) is 0 Å². The Bertz CT molecular complexity index is 147. The molecule has 0 saturated heterocycles. The van der Waals surface area contributed by atoms with Gasteiger partial charge in [0, 0.05) is 6.42 Å². The molecule has 0 aromatic carbocycles. The van der Waals surface area contributed by atoms with Gasteiger partial charge in [0.25, 0.3) is 0 Å². The highest BCUT2D eigenvalue weighted by atomic mass is 16.3. The molecule has 0 radical (unpaired) electrons. The van der Waals surface area contributed by atoms with Crippen LogP contribution in [0, 0.1) is 11.8 Å².